The fourth-order valence-corrected chi connectivity index (χ4v) is 2.14. The monoisotopic (exact) mass is 295 g/mol. The molecule has 0 fully saturated rings. The number of aromatic nitrogens is 4. The van der Waals surface area contributed by atoms with E-state index in [0.717, 1.165) is 11.3 Å². The van der Waals surface area contributed by atoms with Gasteiger partial charge in [0.15, 0.2) is 0 Å². The molecule has 0 aliphatic heterocycles. The molecular formula is C13H18ClN5O. The molecule has 0 radical (unpaired) electrons. The van der Waals surface area contributed by atoms with Crippen LogP contribution in [0.2, 0.25) is 5.02 Å². The van der Waals surface area contributed by atoms with E-state index in [4.69, 9.17) is 11.6 Å². The van der Waals surface area contributed by atoms with E-state index < -0.39 is 0 Å². The van der Waals surface area contributed by atoms with Gasteiger partial charge in [0.2, 0.25) is 5.91 Å². The number of carbonyl (C=O) groups is 1. The van der Waals surface area contributed by atoms with Crippen molar-refractivity contribution in [3.05, 3.63) is 34.9 Å². The van der Waals surface area contributed by atoms with E-state index in [1.807, 2.05) is 27.1 Å². The highest BCUT2D eigenvalue weighted by molar-refractivity contribution is 6.30. The summed E-state index contributed by atoms with van der Waals surface area (Å²) in [6, 6.07) is 0. The van der Waals surface area contributed by atoms with Crippen LogP contribution in [0.15, 0.2) is 18.6 Å². The summed E-state index contributed by atoms with van der Waals surface area (Å²) in [5.74, 6) is -0.192. The van der Waals surface area contributed by atoms with Crippen molar-refractivity contribution in [2.45, 2.75) is 26.9 Å². The molecule has 2 rings (SSSR count). The average Bonchev–Trinajstić information content (AvgIpc) is 2.92. The lowest BCUT2D eigenvalue weighted by molar-refractivity contribution is -0.125. The van der Waals surface area contributed by atoms with Crippen LogP contribution in [0.25, 0.3) is 0 Å². The maximum atomic E-state index is 12.0. The molecule has 0 bridgehead atoms. The zero-order valence-electron chi connectivity index (χ0n) is 11.8. The Bertz CT molecular complexity index is 604. The summed E-state index contributed by atoms with van der Waals surface area (Å²) in [4.78, 5) is 12.0. The Labute approximate surface area is 122 Å². The van der Waals surface area contributed by atoms with Crippen LogP contribution in [0, 0.1) is 12.8 Å². The molecule has 108 valence electrons. The Morgan fingerprint density at radius 2 is 2.25 bits per heavy atom. The van der Waals surface area contributed by atoms with Gasteiger partial charge in [-0.2, -0.15) is 10.2 Å². The number of hydrogen-bond acceptors (Lipinski definition) is 3. The average molecular weight is 296 g/mol. The molecule has 1 atom stereocenters. The predicted molar refractivity (Wildman–Crippen MR) is 76.2 cm³/mol. The van der Waals surface area contributed by atoms with Gasteiger partial charge in [0, 0.05) is 31.5 Å². The summed E-state index contributed by atoms with van der Waals surface area (Å²) in [5.41, 5.74) is 1.95. The first-order valence-corrected chi connectivity index (χ1v) is 6.78. The summed E-state index contributed by atoms with van der Waals surface area (Å²) in [7, 11) is 1.86. The van der Waals surface area contributed by atoms with Gasteiger partial charge in [-0.3, -0.25) is 14.2 Å². The highest BCUT2D eigenvalue weighted by Gasteiger charge is 2.14. The zero-order valence-corrected chi connectivity index (χ0v) is 12.6. The van der Waals surface area contributed by atoms with Gasteiger partial charge in [0.25, 0.3) is 0 Å². The number of carbonyl (C=O) groups excluding carboxylic acids is 1. The van der Waals surface area contributed by atoms with Gasteiger partial charge in [-0.1, -0.05) is 18.5 Å². The highest BCUT2D eigenvalue weighted by Crippen LogP contribution is 2.08. The number of nitrogens with one attached hydrogen (secondary N) is 1. The molecule has 2 aromatic heterocycles. The van der Waals surface area contributed by atoms with Crippen LogP contribution in [0.3, 0.4) is 0 Å². The number of aryl methyl sites for hydroxylation is 2. The molecule has 0 saturated carbocycles. The van der Waals surface area contributed by atoms with Crippen LogP contribution < -0.4 is 5.32 Å². The lowest BCUT2D eigenvalue weighted by atomic mass is 10.1. The Morgan fingerprint density at radius 3 is 2.80 bits per heavy atom. The standard InChI is InChI=1S/C13H18ClN5O/c1-9(6-19-8-12(14)5-16-19)13(20)15-4-11-7-18(3)17-10(11)2/h5,7-9H,4,6H2,1-3H3,(H,15,20). The molecule has 1 N–H and O–H groups in total. The third-order valence-electron chi connectivity index (χ3n) is 3.08. The fraction of sp³-hybridized carbons (Fsp3) is 0.462. The SMILES string of the molecule is Cc1nn(C)cc1CNC(=O)C(C)Cn1cc(Cl)cn1. The second kappa shape index (κ2) is 6.09. The largest absolute Gasteiger partial charge is 0.352 e. The van der Waals surface area contributed by atoms with Gasteiger partial charge < -0.3 is 5.32 Å². The minimum Gasteiger partial charge on any atom is -0.352 e. The van der Waals surface area contributed by atoms with E-state index in [2.05, 4.69) is 15.5 Å². The van der Waals surface area contributed by atoms with Gasteiger partial charge in [0.1, 0.15) is 0 Å². The molecule has 1 unspecified atom stereocenters. The highest BCUT2D eigenvalue weighted by atomic mass is 35.5. The van der Waals surface area contributed by atoms with Crippen molar-refractivity contribution in [3.8, 4) is 0 Å². The van der Waals surface area contributed by atoms with Gasteiger partial charge in [-0.05, 0) is 6.92 Å². The van der Waals surface area contributed by atoms with E-state index in [-0.39, 0.29) is 11.8 Å². The number of hydrogen-bond donors (Lipinski definition) is 1. The molecule has 0 spiro atoms. The van der Waals surface area contributed by atoms with Gasteiger partial charge in [0.05, 0.1) is 29.4 Å². The van der Waals surface area contributed by atoms with Crippen molar-refractivity contribution >= 4 is 17.5 Å². The second-order valence-corrected chi connectivity index (χ2v) is 5.35. The molecule has 2 heterocycles. The summed E-state index contributed by atoms with van der Waals surface area (Å²) >= 11 is 5.79. The molecule has 20 heavy (non-hydrogen) atoms. The van der Waals surface area contributed by atoms with Crippen molar-refractivity contribution < 1.29 is 4.79 Å². The van der Waals surface area contributed by atoms with E-state index in [1.54, 1.807) is 21.8 Å². The first-order chi connectivity index (χ1) is 9.45. The quantitative estimate of drug-likeness (QED) is 0.910. The van der Waals surface area contributed by atoms with Crippen molar-refractivity contribution in [2.75, 3.05) is 0 Å². The van der Waals surface area contributed by atoms with E-state index in [9.17, 15) is 4.79 Å². The van der Waals surface area contributed by atoms with Crippen LogP contribution in [0.1, 0.15) is 18.2 Å². The molecule has 0 aromatic carbocycles. The number of nitrogens with zero attached hydrogens (tertiary/aromatic N) is 4. The molecule has 7 heteroatoms. The summed E-state index contributed by atoms with van der Waals surface area (Å²) < 4.78 is 3.41. The zero-order chi connectivity index (χ0) is 14.7. The third kappa shape index (κ3) is 3.60. The molecular weight excluding hydrogens is 278 g/mol. The Kier molecular flexibility index (Phi) is 4.44. The lowest BCUT2D eigenvalue weighted by Gasteiger charge is -2.12. The van der Waals surface area contributed by atoms with E-state index in [1.165, 1.54) is 0 Å². The van der Waals surface area contributed by atoms with E-state index >= 15 is 0 Å². The third-order valence-corrected chi connectivity index (χ3v) is 3.27. The molecule has 2 aromatic rings. The predicted octanol–water partition coefficient (Wildman–Crippen LogP) is 1.53. The Balaban J connectivity index is 1.86. The van der Waals surface area contributed by atoms with Crippen LogP contribution in [0.5, 0.6) is 0 Å². The van der Waals surface area contributed by atoms with E-state index in [0.29, 0.717) is 18.1 Å². The molecule has 0 aliphatic rings. The molecule has 0 saturated heterocycles. The van der Waals surface area contributed by atoms with Crippen LogP contribution in [-0.4, -0.2) is 25.5 Å². The van der Waals surface area contributed by atoms with Crippen molar-refractivity contribution in [1.29, 1.82) is 0 Å². The van der Waals surface area contributed by atoms with Crippen LogP contribution in [-0.2, 0) is 24.9 Å². The number of halogens is 1. The number of amides is 1. The summed E-state index contributed by atoms with van der Waals surface area (Å²) in [5, 5.41) is 11.8. The van der Waals surface area contributed by atoms with Crippen LogP contribution >= 0.6 is 11.6 Å². The maximum absolute atomic E-state index is 12.0. The lowest BCUT2D eigenvalue weighted by Crippen LogP contribution is -2.31. The van der Waals surface area contributed by atoms with Gasteiger partial charge in [-0.15, -0.1) is 0 Å². The molecule has 0 aliphatic carbocycles. The Hall–Kier alpha value is -1.82. The minimum absolute atomic E-state index is 0.0140. The maximum Gasteiger partial charge on any atom is 0.224 e. The number of rotatable bonds is 5. The molecule has 6 nitrogen and oxygen atoms in total. The topological polar surface area (TPSA) is 64.7 Å². The fourth-order valence-electron chi connectivity index (χ4n) is 1.98. The van der Waals surface area contributed by atoms with Crippen molar-refractivity contribution in [1.82, 2.24) is 24.9 Å². The molecule has 1 amide bonds. The first kappa shape index (κ1) is 14.6. The van der Waals surface area contributed by atoms with Crippen molar-refractivity contribution in [3.63, 3.8) is 0 Å². The minimum atomic E-state index is -0.178. The Morgan fingerprint density at radius 1 is 1.50 bits per heavy atom. The van der Waals surface area contributed by atoms with Gasteiger partial charge in [-0.25, -0.2) is 0 Å². The first-order valence-electron chi connectivity index (χ1n) is 6.40. The van der Waals surface area contributed by atoms with Gasteiger partial charge >= 0.3 is 0 Å². The summed E-state index contributed by atoms with van der Waals surface area (Å²) in [6.07, 6.45) is 5.18. The normalized spacial score (nSPS) is 12.4. The summed E-state index contributed by atoms with van der Waals surface area (Å²) in [6.45, 7) is 4.78. The second-order valence-electron chi connectivity index (χ2n) is 4.91. The van der Waals surface area contributed by atoms with Crippen molar-refractivity contribution in [2.24, 2.45) is 13.0 Å². The smallest absolute Gasteiger partial charge is 0.224 e. The van der Waals surface area contributed by atoms with Crippen LogP contribution in [0.4, 0.5) is 0 Å².